The van der Waals surface area contributed by atoms with Crippen LogP contribution in [0.25, 0.3) is 0 Å². The third-order valence-electron chi connectivity index (χ3n) is 2.10. The average molecular weight is 247 g/mol. The van der Waals surface area contributed by atoms with E-state index in [2.05, 4.69) is 14.7 Å². The second-order valence-electron chi connectivity index (χ2n) is 3.51. The summed E-state index contributed by atoms with van der Waals surface area (Å²) in [6.45, 7) is 2.22. The highest BCUT2D eigenvalue weighted by Crippen LogP contribution is 2.04. The molecular formula is C9H17N3O3S. The zero-order chi connectivity index (χ0) is 12.0. The summed E-state index contributed by atoms with van der Waals surface area (Å²) >= 11 is 0. The highest BCUT2D eigenvalue weighted by atomic mass is 32.2. The summed E-state index contributed by atoms with van der Waals surface area (Å²) in [7, 11) is -3.46. The molecule has 1 aromatic rings. The molecule has 1 heterocycles. The average Bonchev–Trinajstić information content (AvgIpc) is 2.65. The zero-order valence-electron chi connectivity index (χ0n) is 9.23. The lowest BCUT2D eigenvalue weighted by Crippen LogP contribution is -2.25. The van der Waals surface area contributed by atoms with E-state index in [0.29, 0.717) is 25.2 Å². The fourth-order valence-corrected chi connectivity index (χ4v) is 2.27. The first kappa shape index (κ1) is 13.1. The van der Waals surface area contributed by atoms with Gasteiger partial charge in [0, 0.05) is 13.2 Å². The molecule has 0 bridgehead atoms. The Kier molecular flexibility index (Phi) is 4.91. The Morgan fingerprint density at radius 3 is 2.75 bits per heavy atom. The van der Waals surface area contributed by atoms with Gasteiger partial charge in [-0.3, -0.25) is 0 Å². The van der Waals surface area contributed by atoms with Crippen LogP contribution in [0.15, 0.2) is 11.2 Å². The second kappa shape index (κ2) is 5.97. The van der Waals surface area contributed by atoms with Crippen molar-refractivity contribution in [2.45, 2.75) is 31.2 Å². The zero-order valence-corrected chi connectivity index (χ0v) is 10.0. The second-order valence-corrected chi connectivity index (χ2v) is 5.25. The third-order valence-corrected chi connectivity index (χ3v) is 3.47. The number of imidazole rings is 1. The van der Waals surface area contributed by atoms with Crippen LogP contribution in [0.1, 0.15) is 25.1 Å². The number of nitrogens with zero attached hydrogens (tertiary/aromatic N) is 1. The molecule has 7 heteroatoms. The normalized spacial score (nSPS) is 11.9. The molecule has 0 saturated carbocycles. The van der Waals surface area contributed by atoms with E-state index in [1.54, 1.807) is 6.92 Å². The van der Waals surface area contributed by atoms with E-state index in [-0.39, 0.29) is 11.6 Å². The lowest BCUT2D eigenvalue weighted by molar-refractivity contribution is 0.283. The molecule has 1 rings (SSSR count). The third kappa shape index (κ3) is 3.92. The molecule has 0 fully saturated rings. The van der Waals surface area contributed by atoms with Crippen LogP contribution in [0.5, 0.6) is 0 Å². The predicted octanol–water partition coefficient (Wildman–Crippen LogP) is 0.159. The topological polar surface area (TPSA) is 95.1 Å². The van der Waals surface area contributed by atoms with Crippen molar-refractivity contribution < 1.29 is 13.5 Å². The minimum absolute atomic E-state index is 0.0900. The molecule has 0 atom stereocenters. The van der Waals surface area contributed by atoms with Gasteiger partial charge in [-0.15, -0.1) is 0 Å². The Morgan fingerprint density at radius 2 is 2.19 bits per heavy atom. The maximum absolute atomic E-state index is 11.6. The number of hydrogen-bond acceptors (Lipinski definition) is 4. The van der Waals surface area contributed by atoms with E-state index in [4.69, 9.17) is 5.11 Å². The van der Waals surface area contributed by atoms with Gasteiger partial charge < -0.3 is 10.1 Å². The Morgan fingerprint density at radius 1 is 1.44 bits per heavy atom. The Balaban J connectivity index is 2.41. The van der Waals surface area contributed by atoms with E-state index in [1.807, 2.05) is 0 Å². The van der Waals surface area contributed by atoms with Gasteiger partial charge in [0.05, 0.1) is 6.20 Å². The van der Waals surface area contributed by atoms with Gasteiger partial charge in [0.1, 0.15) is 5.82 Å². The molecule has 0 saturated heterocycles. The summed E-state index contributed by atoms with van der Waals surface area (Å²) < 4.78 is 25.8. The monoisotopic (exact) mass is 247 g/mol. The standard InChI is InChI=1S/C9H17N3O3S/c1-8-10-7-9(12-8)16(14,15)11-5-3-2-4-6-13/h7,11,13H,2-6H2,1H3,(H,10,12). The van der Waals surface area contributed by atoms with Crippen molar-refractivity contribution >= 4 is 10.0 Å². The quantitative estimate of drug-likeness (QED) is 0.598. The largest absolute Gasteiger partial charge is 0.396 e. The summed E-state index contributed by atoms with van der Waals surface area (Å²) in [5.41, 5.74) is 0. The van der Waals surface area contributed by atoms with E-state index in [1.165, 1.54) is 6.20 Å². The number of aliphatic hydroxyl groups excluding tert-OH is 1. The highest BCUT2D eigenvalue weighted by Gasteiger charge is 2.15. The van der Waals surface area contributed by atoms with E-state index >= 15 is 0 Å². The van der Waals surface area contributed by atoms with E-state index in [0.717, 1.165) is 6.42 Å². The van der Waals surface area contributed by atoms with Crippen LogP contribution in [0.3, 0.4) is 0 Å². The summed E-state index contributed by atoms with van der Waals surface area (Å²) in [5.74, 6) is 0.570. The minimum Gasteiger partial charge on any atom is -0.396 e. The number of sulfonamides is 1. The van der Waals surface area contributed by atoms with E-state index in [9.17, 15) is 8.42 Å². The number of aromatic amines is 1. The van der Waals surface area contributed by atoms with Crippen LogP contribution in [0.4, 0.5) is 0 Å². The van der Waals surface area contributed by atoms with Crippen LogP contribution in [-0.4, -0.2) is 36.6 Å². The number of aromatic nitrogens is 2. The molecular weight excluding hydrogens is 230 g/mol. The molecule has 1 aromatic heterocycles. The Hall–Kier alpha value is -0.920. The van der Waals surface area contributed by atoms with Crippen molar-refractivity contribution in [1.29, 1.82) is 0 Å². The molecule has 0 spiro atoms. The van der Waals surface area contributed by atoms with Gasteiger partial charge >= 0.3 is 0 Å². The molecule has 0 aliphatic rings. The number of hydrogen-bond donors (Lipinski definition) is 3. The summed E-state index contributed by atoms with van der Waals surface area (Å²) in [5, 5.41) is 8.64. The van der Waals surface area contributed by atoms with Gasteiger partial charge in [-0.05, 0) is 26.2 Å². The molecule has 0 radical (unpaired) electrons. The lowest BCUT2D eigenvalue weighted by atomic mass is 10.2. The fraction of sp³-hybridized carbons (Fsp3) is 0.667. The number of nitrogens with one attached hydrogen (secondary N) is 2. The molecule has 0 amide bonds. The first-order valence-electron chi connectivity index (χ1n) is 5.18. The molecule has 3 N–H and O–H groups in total. The smallest absolute Gasteiger partial charge is 0.257 e. The van der Waals surface area contributed by atoms with Crippen LogP contribution in [0.2, 0.25) is 0 Å². The van der Waals surface area contributed by atoms with Gasteiger partial charge in [0.2, 0.25) is 0 Å². The maximum atomic E-state index is 11.6. The van der Waals surface area contributed by atoms with Crippen molar-refractivity contribution in [1.82, 2.24) is 14.7 Å². The number of aryl methyl sites for hydroxylation is 1. The molecule has 92 valence electrons. The predicted molar refractivity (Wildman–Crippen MR) is 59.5 cm³/mol. The van der Waals surface area contributed by atoms with Crippen LogP contribution < -0.4 is 4.72 Å². The van der Waals surface area contributed by atoms with Crippen LogP contribution in [-0.2, 0) is 10.0 Å². The van der Waals surface area contributed by atoms with Crippen molar-refractivity contribution in [3.63, 3.8) is 0 Å². The van der Waals surface area contributed by atoms with Gasteiger partial charge in [-0.25, -0.2) is 18.1 Å². The highest BCUT2D eigenvalue weighted by molar-refractivity contribution is 7.89. The van der Waals surface area contributed by atoms with Gasteiger partial charge in [-0.1, -0.05) is 0 Å². The number of H-pyrrole nitrogens is 1. The summed E-state index contributed by atoms with van der Waals surface area (Å²) in [6.07, 6.45) is 3.52. The van der Waals surface area contributed by atoms with Gasteiger partial charge in [-0.2, -0.15) is 0 Å². The first-order chi connectivity index (χ1) is 7.56. The first-order valence-corrected chi connectivity index (χ1v) is 6.67. The summed E-state index contributed by atoms with van der Waals surface area (Å²) in [6, 6.07) is 0. The van der Waals surface area contributed by atoms with Crippen molar-refractivity contribution in [3.8, 4) is 0 Å². The molecule has 6 nitrogen and oxygen atoms in total. The molecule has 0 aromatic carbocycles. The lowest BCUT2D eigenvalue weighted by Gasteiger charge is -2.03. The van der Waals surface area contributed by atoms with Crippen LogP contribution >= 0.6 is 0 Å². The SMILES string of the molecule is Cc1ncc(S(=O)(=O)NCCCCCO)[nH]1. The molecule has 16 heavy (non-hydrogen) atoms. The summed E-state index contributed by atoms with van der Waals surface area (Å²) in [4.78, 5) is 6.50. The maximum Gasteiger partial charge on any atom is 0.257 e. The fourth-order valence-electron chi connectivity index (χ4n) is 1.23. The van der Waals surface area contributed by atoms with Crippen molar-refractivity contribution in [3.05, 3.63) is 12.0 Å². The Bertz CT molecular complexity index is 413. The number of unbranched alkanes of at least 4 members (excludes halogenated alkanes) is 2. The number of aliphatic hydroxyl groups is 1. The Labute approximate surface area is 95.2 Å². The number of rotatable bonds is 7. The molecule has 0 aliphatic heterocycles. The van der Waals surface area contributed by atoms with Crippen LogP contribution in [0, 0.1) is 6.92 Å². The molecule has 0 aliphatic carbocycles. The van der Waals surface area contributed by atoms with Crippen molar-refractivity contribution in [2.24, 2.45) is 0 Å². The molecule has 0 unspecified atom stereocenters. The van der Waals surface area contributed by atoms with Crippen molar-refractivity contribution in [2.75, 3.05) is 13.2 Å². The van der Waals surface area contributed by atoms with E-state index < -0.39 is 10.0 Å². The van der Waals surface area contributed by atoms with Gasteiger partial charge in [0.25, 0.3) is 10.0 Å². The van der Waals surface area contributed by atoms with Gasteiger partial charge in [0.15, 0.2) is 5.03 Å². The minimum atomic E-state index is -3.46.